The van der Waals surface area contributed by atoms with Gasteiger partial charge >= 0.3 is 0 Å². The summed E-state index contributed by atoms with van der Waals surface area (Å²) >= 11 is 27.2. The summed E-state index contributed by atoms with van der Waals surface area (Å²) in [7, 11) is 0. The number of aromatic nitrogens is 1. The quantitative estimate of drug-likeness (QED) is 0.454. The first kappa shape index (κ1) is 13.2. The number of pyridine rings is 1. The Morgan fingerprint density at radius 2 is 1.82 bits per heavy atom. The fourth-order valence-electron chi connectivity index (χ4n) is 1.34. The van der Waals surface area contributed by atoms with Crippen molar-refractivity contribution in [1.82, 2.24) is 4.98 Å². The van der Waals surface area contributed by atoms with Gasteiger partial charge in [-0.15, -0.1) is 0 Å². The molecule has 86 valence electrons. The third kappa shape index (κ3) is 2.09. The Labute approximate surface area is 125 Å². The van der Waals surface area contributed by atoms with Gasteiger partial charge < -0.3 is 0 Å². The highest BCUT2D eigenvalue weighted by Gasteiger charge is 2.17. The van der Waals surface area contributed by atoms with E-state index in [-0.39, 0.29) is 15.7 Å². The Morgan fingerprint density at radius 3 is 2.41 bits per heavy atom. The number of benzene rings is 1. The molecule has 7 heteroatoms. The van der Waals surface area contributed by atoms with Crippen LogP contribution < -0.4 is 0 Å². The summed E-state index contributed by atoms with van der Waals surface area (Å²) in [4.78, 5) is 4.05. The van der Waals surface area contributed by atoms with Gasteiger partial charge in [-0.25, -0.2) is 4.98 Å². The molecule has 1 heterocycles. The highest BCUT2D eigenvalue weighted by atomic mass is 79.9. The average Bonchev–Trinajstić information content (AvgIpc) is 2.29. The van der Waals surface area contributed by atoms with Crippen molar-refractivity contribution in [1.29, 1.82) is 5.26 Å². The number of rotatable bonds is 0. The summed E-state index contributed by atoms with van der Waals surface area (Å²) < 4.78 is 0.512. The van der Waals surface area contributed by atoms with Crippen LogP contribution >= 0.6 is 62.3 Å². The second-order valence-electron chi connectivity index (χ2n) is 3.09. The zero-order valence-electron chi connectivity index (χ0n) is 7.86. The lowest BCUT2D eigenvalue weighted by molar-refractivity contribution is 1.37. The normalized spacial score (nSPS) is 10.6. The van der Waals surface area contributed by atoms with Crippen molar-refractivity contribution in [2.75, 3.05) is 0 Å². The Bertz CT molecular complexity index is 679. The van der Waals surface area contributed by atoms with E-state index in [0.29, 0.717) is 25.4 Å². The van der Waals surface area contributed by atoms with E-state index in [0.717, 1.165) is 0 Å². The van der Waals surface area contributed by atoms with E-state index < -0.39 is 0 Å². The van der Waals surface area contributed by atoms with Gasteiger partial charge in [-0.2, -0.15) is 5.26 Å². The Balaban J connectivity index is 3.04. The first-order valence-electron chi connectivity index (χ1n) is 4.19. The standard InChI is InChI=1S/C10HBrCl4N2/c11-6-5(12)1-3-7(13)4(2-16)10(15)17-9(3)8(6)14/h1H. The first-order valence-corrected chi connectivity index (χ1v) is 6.50. The Morgan fingerprint density at radius 1 is 1.18 bits per heavy atom. The molecule has 0 N–H and O–H groups in total. The lowest BCUT2D eigenvalue weighted by Crippen LogP contribution is -1.90. The Kier molecular flexibility index (Phi) is 3.72. The van der Waals surface area contributed by atoms with Crippen LogP contribution in [0.15, 0.2) is 10.5 Å². The number of fused-ring (bicyclic) bond motifs is 1. The largest absolute Gasteiger partial charge is 0.233 e. The molecule has 0 saturated carbocycles. The van der Waals surface area contributed by atoms with Crippen LogP contribution in [0.2, 0.25) is 20.2 Å². The van der Waals surface area contributed by atoms with E-state index in [1.54, 1.807) is 6.07 Å². The second kappa shape index (κ2) is 4.79. The molecule has 0 fully saturated rings. The summed E-state index contributed by atoms with van der Waals surface area (Å²) in [5, 5.41) is 10.3. The topological polar surface area (TPSA) is 36.7 Å². The van der Waals surface area contributed by atoms with Gasteiger partial charge in [-0.3, -0.25) is 0 Å². The minimum atomic E-state index is 0.0149. The SMILES string of the molecule is N#Cc1c(Cl)nc2c(Cl)c(Br)c(Cl)cc2c1Cl. The summed E-state index contributed by atoms with van der Waals surface area (Å²) in [5.74, 6) is 0. The lowest BCUT2D eigenvalue weighted by atomic mass is 10.1. The van der Waals surface area contributed by atoms with Gasteiger partial charge in [-0.1, -0.05) is 46.4 Å². The van der Waals surface area contributed by atoms with Gasteiger partial charge in [0.15, 0.2) is 0 Å². The molecule has 0 radical (unpaired) electrons. The first-order chi connectivity index (χ1) is 7.97. The van der Waals surface area contributed by atoms with Crippen molar-refractivity contribution in [3.8, 4) is 6.07 Å². The molecule has 2 nitrogen and oxygen atoms in total. The fourth-order valence-corrected chi connectivity index (χ4v) is 2.68. The van der Waals surface area contributed by atoms with Crippen LogP contribution in [0.1, 0.15) is 5.56 Å². The Hall–Kier alpha value is -0.240. The number of nitrogens with zero attached hydrogens (tertiary/aromatic N) is 2. The molecular weight excluding hydrogens is 370 g/mol. The van der Waals surface area contributed by atoms with Crippen LogP contribution in [-0.4, -0.2) is 4.98 Å². The van der Waals surface area contributed by atoms with Gasteiger partial charge in [0, 0.05) is 5.39 Å². The highest BCUT2D eigenvalue weighted by Crippen LogP contribution is 2.40. The predicted octanol–water partition coefficient (Wildman–Crippen LogP) is 5.48. The molecule has 0 aliphatic heterocycles. The predicted molar refractivity (Wildman–Crippen MR) is 74.2 cm³/mol. The van der Waals surface area contributed by atoms with Gasteiger partial charge in [-0.05, 0) is 22.0 Å². The van der Waals surface area contributed by atoms with E-state index in [2.05, 4.69) is 20.9 Å². The molecule has 2 rings (SSSR count). The van der Waals surface area contributed by atoms with Crippen LogP contribution in [0.25, 0.3) is 10.9 Å². The van der Waals surface area contributed by atoms with Gasteiger partial charge in [0.2, 0.25) is 0 Å². The molecule has 1 aromatic carbocycles. The van der Waals surface area contributed by atoms with Crippen LogP contribution in [0.5, 0.6) is 0 Å². The number of halogens is 5. The van der Waals surface area contributed by atoms with E-state index >= 15 is 0 Å². The van der Waals surface area contributed by atoms with Crippen molar-refractivity contribution >= 4 is 73.2 Å². The minimum absolute atomic E-state index is 0.0149. The highest BCUT2D eigenvalue weighted by molar-refractivity contribution is 9.10. The van der Waals surface area contributed by atoms with Gasteiger partial charge in [0.25, 0.3) is 0 Å². The van der Waals surface area contributed by atoms with E-state index in [4.69, 9.17) is 51.7 Å². The molecule has 0 bridgehead atoms. The monoisotopic (exact) mass is 368 g/mol. The maximum atomic E-state index is 8.92. The molecule has 17 heavy (non-hydrogen) atoms. The third-order valence-electron chi connectivity index (χ3n) is 2.12. The van der Waals surface area contributed by atoms with Gasteiger partial charge in [0.1, 0.15) is 16.8 Å². The van der Waals surface area contributed by atoms with Crippen LogP contribution in [0.4, 0.5) is 0 Å². The molecule has 0 aliphatic carbocycles. The van der Waals surface area contributed by atoms with E-state index in [1.807, 2.05) is 6.07 Å². The second-order valence-corrected chi connectivity index (χ2v) is 5.40. The lowest BCUT2D eigenvalue weighted by Gasteiger charge is -2.08. The molecule has 0 amide bonds. The fraction of sp³-hybridized carbons (Fsp3) is 0. The van der Waals surface area contributed by atoms with Crippen LogP contribution in [-0.2, 0) is 0 Å². The minimum Gasteiger partial charge on any atom is -0.233 e. The maximum absolute atomic E-state index is 8.92. The number of hydrogen-bond donors (Lipinski definition) is 0. The van der Waals surface area contributed by atoms with Crippen molar-refractivity contribution in [2.24, 2.45) is 0 Å². The maximum Gasteiger partial charge on any atom is 0.149 e. The molecule has 2 aromatic rings. The van der Waals surface area contributed by atoms with Crippen molar-refractivity contribution in [3.63, 3.8) is 0 Å². The van der Waals surface area contributed by atoms with Crippen LogP contribution in [0.3, 0.4) is 0 Å². The third-order valence-corrected chi connectivity index (χ3v) is 4.73. The zero-order chi connectivity index (χ0) is 12.7. The molecule has 0 aliphatic rings. The molecule has 0 atom stereocenters. The van der Waals surface area contributed by atoms with Crippen molar-refractivity contribution < 1.29 is 0 Å². The van der Waals surface area contributed by atoms with Crippen LogP contribution in [0, 0.1) is 11.3 Å². The number of nitriles is 1. The molecule has 0 unspecified atom stereocenters. The number of hydrogen-bond acceptors (Lipinski definition) is 2. The zero-order valence-corrected chi connectivity index (χ0v) is 12.5. The summed E-state index contributed by atoms with van der Waals surface area (Å²) in [6.07, 6.45) is 0. The summed E-state index contributed by atoms with van der Waals surface area (Å²) in [5.41, 5.74) is 0.507. The summed E-state index contributed by atoms with van der Waals surface area (Å²) in [6.45, 7) is 0. The summed E-state index contributed by atoms with van der Waals surface area (Å²) in [6, 6.07) is 3.47. The van der Waals surface area contributed by atoms with Crippen molar-refractivity contribution in [3.05, 3.63) is 36.3 Å². The molecule has 1 aromatic heterocycles. The smallest absolute Gasteiger partial charge is 0.149 e. The van der Waals surface area contributed by atoms with Gasteiger partial charge in [0.05, 0.1) is 25.1 Å². The molecular formula is C10HBrCl4N2. The van der Waals surface area contributed by atoms with Crippen molar-refractivity contribution in [2.45, 2.75) is 0 Å². The molecule has 0 spiro atoms. The average molecular weight is 371 g/mol. The van der Waals surface area contributed by atoms with E-state index in [1.165, 1.54) is 0 Å². The van der Waals surface area contributed by atoms with E-state index in [9.17, 15) is 0 Å². The molecule has 0 saturated heterocycles.